The number of sulfonamides is 1. The molecule has 3 rings (SSSR count). The highest BCUT2D eigenvalue weighted by atomic mass is 32.2. The minimum Gasteiger partial charge on any atom is -0.376 e. The predicted octanol–water partition coefficient (Wildman–Crippen LogP) is 3.69. The predicted molar refractivity (Wildman–Crippen MR) is 118 cm³/mol. The molecule has 0 saturated carbocycles. The molecule has 7 nitrogen and oxygen atoms in total. The second-order valence-corrected chi connectivity index (χ2v) is 9.61. The molecule has 0 bridgehead atoms. The number of hydrogen-bond donors (Lipinski definition) is 2. The summed E-state index contributed by atoms with van der Waals surface area (Å²) in [5.41, 5.74) is 2.21. The van der Waals surface area contributed by atoms with Gasteiger partial charge in [-0.25, -0.2) is 13.4 Å². The Kier molecular flexibility index (Phi) is 6.51. The second kappa shape index (κ2) is 8.89. The van der Waals surface area contributed by atoms with Crippen LogP contribution in [0.25, 0.3) is 10.2 Å². The summed E-state index contributed by atoms with van der Waals surface area (Å²) in [6, 6.07) is 12.1. The van der Waals surface area contributed by atoms with Gasteiger partial charge in [0, 0.05) is 24.5 Å². The van der Waals surface area contributed by atoms with Crippen molar-refractivity contribution in [2.45, 2.75) is 25.7 Å². The van der Waals surface area contributed by atoms with E-state index in [1.54, 1.807) is 37.3 Å². The van der Waals surface area contributed by atoms with Crippen molar-refractivity contribution in [3.63, 3.8) is 0 Å². The molecule has 0 saturated heterocycles. The van der Waals surface area contributed by atoms with Crippen LogP contribution in [0.5, 0.6) is 0 Å². The quantitative estimate of drug-likeness (QED) is 0.566. The lowest BCUT2D eigenvalue weighted by atomic mass is 10.3. The zero-order valence-electron chi connectivity index (χ0n) is 16.6. The zero-order valence-corrected chi connectivity index (χ0v) is 18.2. The third kappa shape index (κ3) is 4.92. The molecular formula is C20H24N4O3S2. The number of hydrogen-bond acceptors (Lipinski definition) is 6. The molecule has 0 unspecified atom stereocenters. The number of aromatic nitrogens is 1. The van der Waals surface area contributed by atoms with E-state index in [2.05, 4.69) is 15.6 Å². The van der Waals surface area contributed by atoms with Crippen LogP contribution in [0.15, 0.2) is 47.4 Å². The highest BCUT2D eigenvalue weighted by molar-refractivity contribution is 7.89. The van der Waals surface area contributed by atoms with E-state index in [0.29, 0.717) is 18.8 Å². The van der Waals surface area contributed by atoms with Crippen molar-refractivity contribution >= 4 is 48.9 Å². The molecule has 2 aromatic carbocycles. The van der Waals surface area contributed by atoms with E-state index in [-0.39, 0.29) is 17.3 Å². The minimum absolute atomic E-state index is 0.0658. The zero-order chi connectivity index (χ0) is 21.0. The lowest BCUT2D eigenvalue weighted by molar-refractivity contribution is -0.114. The molecule has 0 aliphatic carbocycles. The number of amides is 1. The Bertz CT molecular complexity index is 1120. The fraction of sp³-hybridized carbons (Fsp3) is 0.300. The van der Waals surface area contributed by atoms with Gasteiger partial charge in [-0.05, 0) is 43.3 Å². The molecule has 29 heavy (non-hydrogen) atoms. The maximum absolute atomic E-state index is 12.6. The number of thiazole rings is 1. The van der Waals surface area contributed by atoms with Gasteiger partial charge in [-0.1, -0.05) is 19.9 Å². The maximum Gasteiger partial charge on any atom is 0.243 e. The maximum atomic E-state index is 12.6. The molecule has 2 N–H and O–H groups in total. The summed E-state index contributed by atoms with van der Waals surface area (Å²) in [6.07, 6.45) is 0. The van der Waals surface area contributed by atoms with E-state index in [4.69, 9.17) is 0 Å². The molecule has 9 heteroatoms. The van der Waals surface area contributed by atoms with E-state index in [1.165, 1.54) is 16.4 Å². The molecule has 3 aromatic rings. The first-order chi connectivity index (χ1) is 13.8. The van der Waals surface area contributed by atoms with Gasteiger partial charge in [0.15, 0.2) is 0 Å². The number of nitrogens with zero attached hydrogens (tertiary/aromatic N) is 2. The van der Waals surface area contributed by atoms with Gasteiger partial charge in [-0.15, -0.1) is 11.3 Å². The number of benzene rings is 2. The van der Waals surface area contributed by atoms with Gasteiger partial charge in [-0.3, -0.25) is 4.79 Å². The molecule has 0 aliphatic heterocycles. The van der Waals surface area contributed by atoms with Gasteiger partial charge in [0.2, 0.25) is 15.9 Å². The van der Waals surface area contributed by atoms with Crippen molar-refractivity contribution < 1.29 is 13.2 Å². The van der Waals surface area contributed by atoms with Crippen molar-refractivity contribution in [2.75, 3.05) is 30.3 Å². The van der Waals surface area contributed by atoms with E-state index in [9.17, 15) is 13.2 Å². The van der Waals surface area contributed by atoms with Crippen LogP contribution in [0.2, 0.25) is 0 Å². The molecule has 0 fully saturated rings. The average molecular weight is 433 g/mol. The molecule has 0 spiro atoms. The SMILES string of the molecule is CCN(CC)S(=O)(=O)c1cccc(NC(=O)CNc2ccc3nc(C)sc3c2)c1. The first kappa shape index (κ1) is 21.2. The first-order valence-corrected chi connectivity index (χ1v) is 11.6. The van der Waals surface area contributed by atoms with Crippen LogP contribution < -0.4 is 10.6 Å². The number of carbonyl (C=O) groups excluding carboxylic acids is 1. The molecule has 1 heterocycles. The second-order valence-electron chi connectivity index (χ2n) is 6.43. The summed E-state index contributed by atoms with van der Waals surface area (Å²) in [7, 11) is -3.57. The number of anilines is 2. The van der Waals surface area contributed by atoms with E-state index in [1.807, 2.05) is 25.1 Å². The Morgan fingerprint density at radius 2 is 1.86 bits per heavy atom. The van der Waals surface area contributed by atoms with Crippen LogP contribution in [-0.4, -0.2) is 43.2 Å². The first-order valence-electron chi connectivity index (χ1n) is 9.34. The Morgan fingerprint density at radius 3 is 2.59 bits per heavy atom. The monoisotopic (exact) mass is 432 g/mol. The lowest BCUT2D eigenvalue weighted by Gasteiger charge is -2.18. The van der Waals surface area contributed by atoms with Gasteiger partial charge in [0.1, 0.15) is 0 Å². The van der Waals surface area contributed by atoms with Gasteiger partial charge in [0.25, 0.3) is 0 Å². The van der Waals surface area contributed by atoms with Crippen LogP contribution in [0.1, 0.15) is 18.9 Å². The fourth-order valence-corrected chi connectivity index (χ4v) is 5.36. The Labute approximate surface area is 174 Å². The smallest absolute Gasteiger partial charge is 0.243 e. The number of fused-ring (bicyclic) bond motifs is 1. The van der Waals surface area contributed by atoms with Gasteiger partial charge in [-0.2, -0.15) is 4.31 Å². The van der Waals surface area contributed by atoms with Gasteiger partial charge in [0.05, 0.1) is 26.7 Å². The molecular weight excluding hydrogens is 408 g/mol. The Balaban J connectivity index is 1.65. The molecule has 0 aliphatic rings. The van der Waals surface area contributed by atoms with E-state index in [0.717, 1.165) is 20.9 Å². The van der Waals surface area contributed by atoms with E-state index < -0.39 is 10.0 Å². The van der Waals surface area contributed by atoms with Crippen molar-refractivity contribution in [3.05, 3.63) is 47.5 Å². The topological polar surface area (TPSA) is 91.4 Å². The summed E-state index contributed by atoms with van der Waals surface area (Å²) in [4.78, 5) is 16.9. The number of carbonyl (C=O) groups is 1. The molecule has 0 atom stereocenters. The number of nitrogens with one attached hydrogen (secondary N) is 2. The number of rotatable bonds is 8. The van der Waals surface area contributed by atoms with E-state index >= 15 is 0 Å². The van der Waals surface area contributed by atoms with Gasteiger partial charge >= 0.3 is 0 Å². The summed E-state index contributed by atoms with van der Waals surface area (Å²) >= 11 is 1.60. The van der Waals surface area contributed by atoms with Crippen molar-refractivity contribution in [3.8, 4) is 0 Å². The number of aryl methyl sites for hydroxylation is 1. The van der Waals surface area contributed by atoms with Crippen molar-refractivity contribution in [2.24, 2.45) is 0 Å². The van der Waals surface area contributed by atoms with Crippen molar-refractivity contribution in [1.82, 2.24) is 9.29 Å². The molecule has 154 valence electrons. The molecule has 1 aromatic heterocycles. The lowest BCUT2D eigenvalue weighted by Crippen LogP contribution is -2.30. The third-order valence-corrected chi connectivity index (χ3v) is 7.39. The van der Waals surface area contributed by atoms with Crippen LogP contribution in [-0.2, 0) is 14.8 Å². The summed E-state index contributed by atoms with van der Waals surface area (Å²) in [6.45, 7) is 6.40. The normalized spacial score (nSPS) is 11.7. The standard InChI is InChI=1S/C20H24N4O3S2/c1-4-24(5-2)29(26,27)17-8-6-7-16(11-17)23-20(25)13-21-15-9-10-18-19(12-15)28-14(3)22-18/h6-12,21H,4-5,13H2,1-3H3,(H,23,25). The van der Waals surface area contributed by atoms with Crippen LogP contribution in [0, 0.1) is 6.92 Å². The van der Waals surface area contributed by atoms with Crippen LogP contribution in [0.3, 0.4) is 0 Å². The highest BCUT2D eigenvalue weighted by Crippen LogP contribution is 2.24. The highest BCUT2D eigenvalue weighted by Gasteiger charge is 2.21. The summed E-state index contributed by atoms with van der Waals surface area (Å²) in [5.74, 6) is -0.261. The molecule has 0 radical (unpaired) electrons. The fourth-order valence-electron chi connectivity index (χ4n) is 2.98. The summed E-state index contributed by atoms with van der Waals surface area (Å²) in [5, 5.41) is 6.83. The van der Waals surface area contributed by atoms with Crippen LogP contribution in [0.4, 0.5) is 11.4 Å². The Hall–Kier alpha value is -2.49. The molecule has 1 amide bonds. The average Bonchev–Trinajstić information content (AvgIpc) is 3.06. The minimum atomic E-state index is -3.57. The Morgan fingerprint density at radius 1 is 1.10 bits per heavy atom. The van der Waals surface area contributed by atoms with Crippen molar-refractivity contribution in [1.29, 1.82) is 0 Å². The summed E-state index contributed by atoms with van der Waals surface area (Å²) < 4.78 is 27.7. The largest absolute Gasteiger partial charge is 0.376 e. The van der Waals surface area contributed by atoms with Gasteiger partial charge < -0.3 is 10.6 Å². The third-order valence-electron chi connectivity index (χ3n) is 4.41. The van der Waals surface area contributed by atoms with Crippen LogP contribution >= 0.6 is 11.3 Å².